The van der Waals surface area contributed by atoms with Crippen LogP contribution in [0.1, 0.15) is 25.0 Å². The van der Waals surface area contributed by atoms with Gasteiger partial charge in [0.25, 0.3) is 0 Å². The molecule has 1 rings (SSSR count). The number of rotatable bonds is 3. The van der Waals surface area contributed by atoms with Crippen LogP contribution in [0.4, 0.5) is 0 Å². The lowest BCUT2D eigenvalue weighted by molar-refractivity contribution is -0.138. The van der Waals surface area contributed by atoms with E-state index in [9.17, 15) is 4.79 Å². The van der Waals surface area contributed by atoms with Crippen molar-refractivity contribution in [2.24, 2.45) is 7.05 Å². The van der Waals surface area contributed by atoms with Gasteiger partial charge in [-0.3, -0.25) is 4.79 Å². The average Bonchev–Trinajstić information content (AvgIpc) is 2.37. The fourth-order valence-corrected chi connectivity index (χ4v) is 1.12. The van der Waals surface area contributed by atoms with Gasteiger partial charge in [0.05, 0.1) is 12.0 Å². The summed E-state index contributed by atoms with van der Waals surface area (Å²) in [4.78, 5) is 14.7. The number of aliphatic carboxylic acids is 1. The summed E-state index contributed by atoms with van der Waals surface area (Å²) in [7, 11) is 1.82. The Morgan fingerprint density at radius 2 is 2.50 bits per heavy atom. The van der Waals surface area contributed by atoms with E-state index < -0.39 is 11.9 Å². The zero-order chi connectivity index (χ0) is 9.14. The Balaban J connectivity index is 2.87. The van der Waals surface area contributed by atoms with Crippen molar-refractivity contribution in [2.75, 3.05) is 0 Å². The van der Waals surface area contributed by atoms with Crippen LogP contribution in [0, 0.1) is 0 Å². The Kier molecular flexibility index (Phi) is 2.47. The molecule has 66 valence electrons. The molecular weight excluding hydrogens is 156 g/mol. The molecule has 1 aromatic rings. The van der Waals surface area contributed by atoms with Crippen LogP contribution < -0.4 is 0 Å². The Labute approximate surface area is 70.9 Å². The predicted molar refractivity (Wildman–Crippen MR) is 43.9 cm³/mol. The first-order valence-corrected chi connectivity index (χ1v) is 3.85. The quantitative estimate of drug-likeness (QED) is 0.732. The summed E-state index contributed by atoms with van der Waals surface area (Å²) in [6.07, 6.45) is 3.93. The Hall–Kier alpha value is -1.32. The van der Waals surface area contributed by atoms with E-state index in [1.807, 2.05) is 14.0 Å². The fraction of sp³-hybridized carbons (Fsp3) is 0.500. The standard InChI is InChI=1S/C8H12N2O2/c1-3-6(8(11)12)7-4-10(2)5-9-7/h4-6H,3H2,1-2H3,(H,11,12). The van der Waals surface area contributed by atoms with E-state index in [4.69, 9.17) is 5.11 Å². The lowest BCUT2D eigenvalue weighted by Crippen LogP contribution is -2.10. The third-order valence-electron chi connectivity index (χ3n) is 1.79. The first kappa shape index (κ1) is 8.77. The molecule has 0 amide bonds. The second kappa shape index (κ2) is 3.38. The maximum absolute atomic E-state index is 10.7. The minimum Gasteiger partial charge on any atom is -0.481 e. The number of nitrogens with zero attached hydrogens (tertiary/aromatic N) is 2. The topological polar surface area (TPSA) is 55.1 Å². The highest BCUT2D eigenvalue weighted by atomic mass is 16.4. The van der Waals surface area contributed by atoms with Gasteiger partial charge in [-0.1, -0.05) is 6.92 Å². The number of aryl methyl sites for hydroxylation is 1. The van der Waals surface area contributed by atoms with Crippen LogP contribution in [0.3, 0.4) is 0 Å². The van der Waals surface area contributed by atoms with Gasteiger partial charge in [0.15, 0.2) is 0 Å². The van der Waals surface area contributed by atoms with Crippen LogP contribution in [0.15, 0.2) is 12.5 Å². The van der Waals surface area contributed by atoms with Gasteiger partial charge in [-0.25, -0.2) is 4.98 Å². The summed E-state index contributed by atoms with van der Waals surface area (Å²) in [6.45, 7) is 1.84. The number of aromatic nitrogens is 2. The first-order valence-electron chi connectivity index (χ1n) is 3.85. The molecule has 0 aliphatic carbocycles. The van der Waals surface area contributed by atoms with Crippen LogP contribution in [-0.4, -0.2) is 20.6 Å². The Morgan fingerprint density at radius 1 is 1.83 bits per heavy atom. The second-order valence-electron chi connectivity index (χ2n) is 2.76. The van der Waals surface area contributed by atoms with Gasteiger partial charge >= 0.3 is 5.97 Å². The van der Waals surface area contributed by atoms with Crippen molar-refractivity contribution in [1.29, 1.82) is 0 Å². The van der Waals surface area contributed by atoms with Gasteiger partial charge in [0, 0.05) is 13.2 Å². The molecule has 4 heteroatoms. The monoisotopic (exact) mass is 168 g/mol. The van der Waals surface area contributed by atoms with Crippen LogP contribution in [0.25, 0.3) is 0 Å². The average molecular weight is 168 g/mol. The third-order valence-corrected chi connectivity index (χ3v) is 1.79. The molecule has 4 nitrogen and oxygen atoms in total. The molecule has 1 aromatic heterocycles. The third kappa shape index (κ3) is 1.64. The Bertz CT molecular complexity index is 280. The maximum atomic E-state index is 10.7. The zero-order valence-electron chi connectivity index (χ0n) is 7.19. The minimum atomic E-state index is -0.809. The predicted octanol–water partition coefficient (Wildman–Crippen LogP) is 0.998. The van der Waals surface area contributed by atoms with Crippen LogP contribution >= 0.6 is 0 Å². The van der Waals surface area contributed by atoms with E-state index in [0.717, 1.165) is 0 Å². The number of hydrogen-bond donors (Lipinski definition) is 1. The summed E-state index contributed by atoms with van der Waals surface area (Å²) in [5.74, 6) is -1.28. The zero-order valence-corrected chi connectivity index (χ0v) is 7.19. The van der Waals surface area contributed by atoms with Crippen molar-refractivity contribution < 1.29 is 9.90 Å². The molecule has 0 saturated heterocycles. The van der Waals surface area contributed by atoms with E-state index >= 15 is 0 Å². The fourth-order valence-electron chi connectivity index (χ4n) is 1.12. The number of hydrogen-bond acceptors (Lipinski definition) is 2. The molecule has 0 fully saturated rings. The number of carbonyl (C=O) groups is 1. The molecule has 0 radical (unpaired) electrons. The van der Waals surface area contributed by atoms with Gasteiger partial charge in [-0.15, -0.1) is 0 Å². The van der Waals surface area contributed by atoms with Crippen LogP contribution in [-0.2, 0) is 11.8 Å². The molecule has 0 aliphatic rings. The van der Waals surface area contributed by atoms with Crippen molar-refractivity contribution in [3.8, 4) is 0 Å². The highest BCUT2D eigenvalue weighted by Crippen LogP contribution is 2.16. The summed E-state index contributed by atoms with van der Waals surface area (Å²) >= 11 is 0. The largest absolute Gasteiger partial charge is 0.481 e. The van der Waals surface area contributed by atoms with Crippen molar-refractivity contribution in [1.82, 2.24) is 9.55 Å². The van der Waals surface area contributed by atoms with E-state index in [1.54, 1.807) is 17.1 Å². The maximum Gasteiger partial charge on any atom is 0.312 e. The summed E-state index contributed by atoms with van der Waals surface area (Å²) < 4.78 is 1.75. The van der Waals surface area contributed by atoms with E-state index in [0.29, 0.717) is 12.1 Å². The first-order chi connectivity index (χ1) is 5.65. The molecule has 0 aromatic carbocycles. The van der Waals surface area contributed by atoms with Gasteiger partial charge in [0.2, 0.25) is 0 Å². The lowest BCUT2D eigenvalue weighted by Gasteiger charge is -2.04. The van der Waals surface area contributed by atoms with Gasteiger partial charge in [-0.2, -0.15) is 0 Å². The van der Waals surface area contributed by atoms with Gasteiger partial charge in [0.1, 0.15) is 5.92 Å². The van der Waals surface area contributed by atoms with Gasteiger partial charge < -0.3 is 9.67 Å². The molecule has 12 heavy (non-hydrogen) atoms. The molecule has 0 saturated carbocycles. The SMILES string of the molecule is CCC(C(=O)O)c1cn(C)cn1. The second-order valence-corrected chi connectivity index (χ2v) is 2.76. The smallest absolute Gasteiger partial charge is 0.312 e. The van der Waals surface area contributed by atoms with Crippen molar-refractivity contribution in [3.05, 3.63) is 18.2 Å². The lowest BCUT2D eigenvalue weighted by atomic mass is 10.0. The molecule has 1 heterocycles. The summed E-state index contributed by atoms with van der Waals surface area (Å²) in [5.41, 5.74) is 0.632. The highest BCUT2D eigenvalue weighted by Gasteiger charge is 2.19. The summed E-state index contributed by atoms with van der Waals surface area (Å²) in [6, 6.07) is 0. The van der Waals surface area contributed by atoms with Crippen molar-refractivity contribution in [2.45, 2.75) is 19.3 Å². The van der Waals surface area contributed by atoms with Crippen LogP contribution in [0.2, 0.25) is 0 Å². The molecule has 0 aliphatic heterocycles. The molecule has 1 N–H and O–H groups in total. The van der Waals surface area contributed by atoms with E-state index in [1.165, 1.54) is 0 Å². The van der Waals surface area contributed by atoms with Crippen molar-refractivity contribution in [3.63, 3.8) is 0 Å². The number of carboxylic acid groups (broad SMARTS) is 1. The van der Waals surface area contributed by atoms with Crippen LogP contribution in [0.5, 0.6) is 0 Å². The molecule has 1 unspecified atom stereocenters. The molecule has 0 bridgehead atoms. The molecular formula is C8H12N2O2. The number of imidazole rings is 1. The van der Waals surface area contributed by atoms with Gasteiger partial charge in [-0.05, 0) is 6.42 Å². The minimum absolute atomic E-state index is 0.466. The summed E-state index contributed by atoms with van der Waals surface area (Å²) in [5, 5.41) is 8.79. The molecule has 1 atom stereocenters. The Morgan fingerprint density at radius 3 is 2.83 bits per heavy atom. The normalized spacial score (nSPS) is 12.8. The van der Waals surface area contributed by atoms with Crippen molar-refractivity contribution >= 4 is 5.97 Å². The highest BCUT2D eigenvalue weighted by molar-refractivity contribution is 5.75. The van der Waals surface area contributed by atoms with E-state index in [2.05, 4.69) is 4.98 Å². The van der Waals surface area contributed by atoms with E-state index in [-0.39, 0.29) is 0 Å². The number of carboxylic acids is 1. The molecule has 0 spiro atoms.